The highest BCUT2D eigenvalue weighted by molar-refractivity contribution is 7.99. The second kappa shape index (κ2) is 10.5. The number of benzene rings is 1. The fraction of sp³-hybridized carbons (Fsp3) is 0.571. The van der Waals surface area contributed by atoms with Crippen molar-refractivity contribution in [1.82, 2.24) is 5.32 Å². The molecule has 0 bridgehead atoms. The van der Waals surface area contributed by atoms with Crippen LogP contribution >= 0.6 is 23.4 Å². The monoisotopic (exact) mass is 303 g/mol. The molecule has 0 radical (unpaired) electrons. The molecule has 0 aromatic heterocycles. The van der Waals surface area contributed by atoms with Crippen LogP contribution < -0.4 is 5.32 Å². The van der Waals surface area contributed by atoms with E-state index in [9.17, 15) is 0 Å². The van der Waals surface area contributed by atoms with Crippen molar-refractivity contribution in [1.29, 1.82) is 0 Å². The molecule has 0 amide bonds. The summed E-state index contributed by atoms with van der Waals surface area (Å²) in [6.45, 7) is 3.17. The van der Waals surface area contributed by atoms with Gasteiger partial charge >= 0.3 is 0 Å². The van der Waals surface area contributed by atoms with E-state index in [0.717, 1.165) is 43.5 Å². The quantitative estimate of drug-likeness (QED) is 0.531. The molecule has 0 aliphatic rings. The first kappa shape index (κ1) is 16.8. The van der Waals surface area contributed by atoms with Crippen LogP contribution in [0.2, 0.25) is 5.02 Å². The molecule has 0 saturated heterocycles. The molecule has 1 aromatic rings. The highest BCUT2D eigenvalue weighted by Crippen LogP contribution is 2.31. The summed E-state index contributed by atoms with van der Waals surface area (Å²) in [6, 6.07) is 6.05. The average Bonchev–Trinajstić information content (AvgIpc) is 2.42. The summed E-state index contributed by atoms with van der Waals surface area (Å²) >= 11 is 8.07. The minimum absolute atomic E-state index is 0.719. The summed E-state index contributed by atoms with van der Waals surface area (Å²) in [5.74, 6) is 1.02. The Labute approximate surface area is 125 Å². The first-order chi connectivity index (χ1) is 9.29. The second-order valence-corrected chi connectivity index (χ2v) is 5.60. The molecule has 1 rings (SSSR count). The lowest BCUT2D eigenvalue weighted by atomic mass is 10.2. The van der Waals surface area contributed by atoms with Crippen molar-refractivity contribution in [3.05, 3.63) is 28.8 Å². The molecule has 0 aliphatic heterocycles. The summed E-state index contributed by atoms with van der Waals surface area (Å²) in [5, 5.41) is 4.18. The van der Waals surface area contributed by atoms with Gasteiger partial charge < -0.3 is 14.8 Å². The van der Waals surface area contributed by atoms with E-state index in [1.807, 2.05) is 12.1 Å². The van der Waals surface area contributed by atoms with Crippen LogP contribution in [0.25, 0.3) is 0 Å². The molecular formula is C14H22ClNO2S. The summed E-state index contributed by atoms with van der Waals surface area (Å²) in [4.78, 5) is 1.17. The lowest BCUT2D eigenvalue weighted by molar-refractivity contribution is 0.199. The van der Waals surface area contributed by atoms with Crippen LogP contribution in [0, 0.1) is 0 Å². The Morgan fingerprint density at radius 3 is 2.74 bits per heavy atom. The van der Waals surface area contributed by atoms with E-state index >= 15 is 0 Å². The van der Waals surface area contributed by atoms with Crippen LogP contribution in [-0.2, 0) is 16.0 Å². The van der Waals surface area contributed by atoms with E-state index in [4.69, 9.17) is 21.1 Å². The molecule has 19 heavy (non-hydrogen) atoms. The molecule has 0 heterocycles. The minimum Gasteiger partial charge on any atom is -0.385 e. The predicted molar refractivity (Wildman–Crippen MR) is 82.3 cm³/mol. The lowest BCUT2D eigenvalue weighted by Crippen LogP contribution is -2.19. The highest BCUT2D eigenvalue weighted by atomic mass is 35.5. The van der Waals surface area contributed by atoms with Crippen molar-refractivity contribution >= 4 is 23.4 Å². The molecule has 1 N–H and O–H groups in total. The molecule has 0 fully saturated rings. The average molecular weight is 304 g/mol. The Hall–Kier alpha value is -0.260. The first-order valence-corrected chi connectivity index (χ1v) is 7.74. The van der Waals surface area contributed by atoms with Gasteiger partial charge in [0.25, 0.3) is 0 Å². The zero-order valence-corrected chi connectivity index (χ0v) is 13.1. The third-order valence-corrected chi connectivity index (χ3v) is 4.28. The van der Waals surface area contributed by atoms with Gasteiger partial charge in [0.1, 0.15) is 0 Å². The van der Waals surface area contributed by atoms with E-state index < -0.39 is 0 Å². The van der Waals surface area contributed by atoms with Crippen LogP contribution in [0.1, 0.15) is 12.0 Å². The Kier molecular flexibility index (Phi) is 9.30. The van der Waals surface area contributed by atoms with Gasteiger partial charge in [0.2, 0.25) is 0 Å². The van der Waals surface area contributed by atoms with Gasteiger partial charge in [0.05, 0.1) is 11.6 Å². The maximum atomic E-state index is 6.28. The molecule has 0 spiro atoms. The fourth-order valence-electron chi connectivity index (χ4n) is 1.63. The van der Waals surface area contributed by atoms with Crippen LogP contribution in [0.15, 0.2) is 23.1 Å². The zero-order chi connectivity index (χ0) is 13.9. The molecule has 3 nitrogen and oxygen atoms in total. The van der Waals surface area contributed by atoms with Gasteiger partial charge in [-0.2, -0.15) is 0 Å². The Morgan fingerprint density at radius 2 is 2.00 bits per heavy atom. The third kappa shape index (κ3) is 6.63. The molecule has 0 saturated carbocycles. The third-order valence-electron chi connectivity index (χ3n) is 2.59. The topological polar surface area (TPSA) is 30.5 Å². The highest BCUT2D eigenvalue weighted by Gasteiger charge is 2.07. The Bertz CT molecular complexity index is 363. The number of hydrogen-bond donors (Lipinski definition) is 1. The van der Waals surface area contributed by atoms with Gasteiger partial charge in [-0.15, -0.1) is 11.8 Å². The maximum absolute atomic E-state index is 6.28. The number of ether oxygens (including phenoxy) is 2. The van der Waals surface area contributed by atoms with Gasteiger partial charge in [0.15, 0.2) is 0 Å². The van der Waals surface area contributed by atoms with E-state index in [1.54, 1.807) is 26.0 Å². The summed E-state index contributed by atoms with van der Waals surface area (Å²) < 4.78 is 10.1. The number of nitrogens with one attached hydrogen (secondary N) is 1. The van der Waals surface area contributed by atoms with Crippen LogP contribution in [0.5, 0.6) is 0 Å². The number of thioether (sulfide) groups is 1. The lowest BCUT2D eigenvalue weighted by Gasteiger charge is -2.12. The summed E-state index contributed by atoms with van der Waals surface area (Å²) in [7, 11) is 3.43. The Balaban J connectivity index is 2.51. The smallest absolute Gasteiger partial charge is 0.0587 e. The Morgan fingerprint density at radius 1 is 1.21 bits per heavy atom. The zero-order valence-electron chi connectivity index (χ0n) is 11.6. The molecule has 0 aliphatic carbocycles. The van der Waals surface area contributed by atoms with Crippen molar-refractivity contribution in [2.24, 2.45) is 0 Å². The molecule has 108 valence electrons. The van der Waals surface area contributed by atoms with Crippen molar-refractivity contribution in [3.8, 4) is 0 Å². The van der Waals surface area contributed by atoms with E-state index in [2.05, 4.69) is 11.4 Å². The van der Waals surface area contributed by atoms with Gasteiger partial charge in [-0.1, -0.05) is 23.7 Å². The minimum atomic E-state index is 0.719. The van der Waals surface area contributed by atoms with Crippen molar-refractivity contribution in [2.45, 2.75) is 17.9 Å². The number of methoxy groups -OCH3 is 2. The van der Waals surface area contributed by atoms with Gasteiger partial charge in [-0.3, -0.25) is 0 Å². The molecule has 1 aromatic carbocycles. The van der Waals surface area contributed by atoms with Crippen LogP contribution in [-0.4, -0.2) is 39.7 Å². The van der Waals surface area contributed by atoms with E-state index in [-0.39, 0.29) is 0 Å². The molecular weight excluding hydrogens is 282 g/mol. The number of hydrogen-bond acceptors (Lipinski definition) is 4. The SMILES string of the molecule is COCCCSc1c(Cl)cccc1CNCCOC. The molecule has 0 atom stereocenters. The normalized spacial score (nSPS) is 10.9. The van der Waals surface area contributed by atoms with Crippen LogP contribution in [0.3, 0.4) is 0 Å². The molecule has 5 heteroatoms. The van der Waals surface area contributed by atoms with Gasteiger partial charge in [-0.05, 0) is 18.1 Å². The predicted octanol–water partition coefficient (Wildman–Crippen LogP) is 3.20. The number of rotatable bonds is 10. The van der Waals surface area contributed by atoms with Gasteiger partial charge in [-0.25, -0.2) is 0 Å². The molecule has 0 unspecified atom stereocenters. The fourth-order valence-corrected chi connectivity index (χ4v) is 2.98. The summed E-state index contributed by atoms with van der Waals surface area (Å²) in [6.07, 6.45) is 1.03. The second-order valence-electron chi connectivity index (χ2n) is 4.09. The van der Waals surface area contributed by atoms with Crippen molar-refractivity contribution in [2.75, 3.05) is 39.7 Å². The standard InChI is InChI=1S/C14H22ClNO2S/c1-17-8-4-10-19-14-12(5-3-6-13(14)15)11-16-7-9-18-2/h3,5-6,16H,4,7-11H2,1-2H3. The van der Waals surface area contributed by atoms with Gasteiger partial charge in [0, 0.05) is 44.6 Å². The van der Waals surface area contributed by atoms with Crippen molar-refractivity contribution < 1.29 is 9.47 Å². The number of halogens is 1. The maximum Gasteiger partial charge on any atom is 0.0587 e. The van der Waals surface area contributed by atoms with Crippen LogP contribution in [0.4, 0.5) is 0 Å². The first-order valence-electron chi connectivity index (χ1n) is 6.38. The van der Waals surface area contributed by atoms with E-state index in [1.165, 1.54) is 10.5 Å². The van der Waals surface area contributed by atoms with Crippen molar-refractivity contribution in [3.63, 3.8) is 0 Å². The largest absolute Gasteiger partial charge is 0.385 e. The van der Waals surface area contributed by atoms with E-state index in [0.29, 0.717) is 0 Å². The summed E-state index contributed by atoms with van der Waals surface area (Å²) in [5.41, 5.74) is 1.24.